The van der Waals surface area contributed by atoms with Gasteiger partial charge >= 0.3 is 0 Å². The lowest BCUT2D eigenvalue weighted by Crippen LogP contribution is -1.83. The minimum absolute atomic E-state index is 0.654. The van der Waals surface area contributed by atoms with Crippen molar-refractivity contribution in [2.45, 2.75) is 12.8 Å². The van der Waals surface area contributed by atoms with Gasteiger partial charge in [-0.1, -0.05) is 0 Å². The Kier molecular flexibility index (Phi) is 2.93. The molecule has 0 aliphatic carbocycles. The standard InChI is InChI=1S/C4H8ClO2PS/c5-8(9)6-3-1-2-4-7-8/h1-4H2. The second-order valence-corrected chi connectivity index (χ2v) is 6.56. The maximum absolute atomic E-state index is 5.66. The Morgan fingerprint density at radius 2 is 1.67 bits per heavy atom. The highest BCUT2D eigenvalue weighted by molar-refractivity contribution is 8.22. The van der Waals surface area contributed by atoms with Crippen LogP contribution in [0.5, 0.6) is 0 Å². The molecule has 0 N–H and O–H groups in total. The molecule has 0 aromatic carbocycles. The minimum Gasteiger partial charge on any atom is -0.318 e. The Hall–Kier alpha value is 0.860. The second-order valence-electron chi connectivity index (χ2n) is 1.80. The molecule has 9 heavy (non-hydrogen) atoms. The molecular weight excluding hydrogens is 179 g/mol. The van der Waals surface area contributed by atoms with E-state index in [0.717, 1.165) is 12.8 Å². The van der Waals surface area contributed by atoms with E-state index in [1.54, 1.807) is 0 Å². The molecule has 0 amide bonds. The summed E-state index contributed by atoms with van der Waals surface area (Å²) >= 11 is 10.5. The van der Waals surface area contributed by atoms with Gasteiger partial charge in [-0.2, -0.15) is 0 Å². The highest BCUT2D eigenvalue weighted by Crippen LogP contribution is 2.55. The zero-order valence-electron chi connectivity index (χ0n) is 4.88. The van der Waals surface area contributed by atoms with Crippen LogP contribution in [0, 0.1) is 0 Å². The predicted octanol–water partition coefficient (Wildman–Crippen LogP) is 2.28. The number of rotatable bonds is 0. The van der Waals surface area contributed by atoms with E-state index in [4.69, 9.17) is 32.1 Å². The molecule has 1 heterocycles. The fraction of sp³-hybridized carbons (Fsp3) is 1.00. The van der Waals surface area contributed by atoms with Gasteiger partial charge in [0.2, 0.25) is 0 Å². The predicted molar refractivity (Wildman–Crippen MR) is 41.3 cm³/mol. The summed E-state index contributed by atoms with van der Waals surface area (Å²) in [6.07, 6.45) is 2.01. The van der Waals surface area contributed by atoms with Crippen LogP contribution < -0.4 is 0 Å². The van der Waals surface area contributed by atoms with E-state index in [9.17, 15) is 0 Å². The normalized spacial score (nSPS) is 27.2. The Labute approximate surface area is 64.4 Å². The van der Waals surface area contributed by atoms with Crippen molar-refractivity contribution in [1.29, 1.82) is 0 Å². The van der Waals surface area contributed by atoms with E-state index in [-0.39, 0.29) is 0 Å². The molecule has 0 spiro atoms. The van der Waals surface area contributed by atoms with E-state index in [1.165, 1.54) is 0 Å². The van der Waals surface area contributed by atoms with Crippen LogP contribution in [-0.4, -0.2) is 13.2 Å². The summed E-state index contributed by atoms with van der Waals surface area (Å²) in [6.45, 7) is 1.31. The van der Waals surface area contributed by atoms with Crippen LogP contribution in [0.1, 0.15) is 12.8 Å². The smallest absolute Gasteiger partial charge is 0.281 e. The van der Waals surface area contributed by atoms with Gasteiger partial charge in [0.05, 0.1) is 13.2 Å². The third-order valence-electron chi connectivity index (χ3n) is 1.03. The summed E-state index contributed by atoms with van der Waals surface area (Å²) < 4.78 is 10.1. The minimum atomic E-state index is -2.32. The second kappa shape index (κ2) is 3.31. The van der Waals surface area contributed by atoms with Crippen molar-refractivity contribution >= 4 is 28.9 Å². The topological polar surface area (TPSA) is 18.5 Å². The fourth-order valence-corrected chi connectivity index (χ4v) is 2.22. The van der Waals surface area contributed by atoms with Crippen LogP contribution >= 0.6 is 17.1 Å². The summed E-state index contributed by atoms with van der Waals surface area (Å²) in [5, 5.41) is 0. The van der Waals surface area contributed by atoms with Crippen LogP contribution in [0.3, 0.4) is 0 Å². The lowest BCUT2D eigenvalue weighted by atomic mass is 10.3. The molecule has 0 aromatic rings. The van der Waals surface area contributed by atoms with E-state index < -0.39 is 5.84 Å². The first-order valence-corrected chi connectivity index (χ1v) is 6.34. The molecule has 1 saturated heterocycles. The SMILES string of the molecule is S=P1(Cl)OCCCCO1. The van der Waals surface area contributed by atoms with E-state index in [2.05, 4.69) is 0 Å². The van der Waals surface area contributed by atoms with Crippen molar-refractivity contribution in [3.05, 3.63) is 0 Å². The van der Waals surface area contributed by atoms with Gasteiger partial charge in [0.1, 0.15) is 0 Å². The first-order valence-electron chi connectivity index (χ1n) is 2.79. The molecular formula is C4H8ClO2PS. The van der Waals surface area contributed by atoms with Crippen LogP contribution in [0.25, 0.3) is 0 Å². The maximum Gasteiger partial charge on any atom is 0.281 e. The molecule has 0 atom stereocenters. The number of hydrogen-bond donors (Lipinski definition) is 0. The lowest BCUT2D eigenvalue weighted by molar-refractivity contribution is 0.304. The molecule has 54 valence electrons. The zero-order valence-corrected chi connectivity index (χ0v) is 7.35. The highest BCUT2D eigenvalue weighted by Gasteiger charge is 2.16. The van der Waals surface area contributed by atoms with Gasteiger partial charge < -0.3 is 9.05 Å². The van der Waals surface area contributed by atoms with Gasteiger partial charge in [-0.15, -0.1) is 0 Å². The molecule has 1 fully saturated rings. The molecule has 0 aromatic heterocycles. The first kappa shape index (κ1) is 7.96. The van der Waals surface area contributed by atoms with E-state index in [0.29, 0.717) is 13.2 Å². The van der Waals surface area contributed by atoms with E-state index >= 15 is 0 Å². The van der Waals surface area contributed by atoms with Crippen LogP contribution in [0.15, 0.2) is 0 Å². The Morgan fingerprint density at radius 1 is 1.22 bits per heavy atom. The van der Waals surface area contributed by atoms with Crippen molar-refractivity contribution in [3.63, 3.8) is 0 Å². The number of halogens is 1. The quantitative estimate of drug-likeness (QED) is 0.541. The average molecular weight is 187 g/mol. The third kappa shape index (κ3) is 2.96. The number of hydrogen-bond acceptors (Lipinski definition) is 3. The van der Waals surface area contributed by atoms with Crippen LogP contribution in [-0.2, 0) is 20.9 Å². The van der Waals surface area contributed by atoms with Gasteiger partial charge in [0.25, 0.3) is 5.84 Å². The molecule has 0 saturated carbocycles. The average Bonchev–Trinajstić information content (AvgIpc) is 1.92. The molecule has 0 bridgehead atoms. The van der Waals surface area contributed by atoms with Crippen LogP contribution in [0.2, 0.25) is 0 Å². The Balaban J connectivity index is 2.45. The van der Waals surface area contributed by atoms with Crippen molar-refractivity contribution in [3.8, 4) is 0 Å². The third-order valence-corrected chi connectivity index (χ3v) is 3.23. The summed E-state index contributed by atoms with van der Waals surface area (Å²) in [6, 6.07) is 0. The Morgan fingerprint density at radius 3 is 2.11 bits per heavy atom. The lowest BCUT2D eigenvalue weighted by Gasteiger charge is -2.09. The van der Waals surface area contributed by atoms with E-state index in [1.807, 2.05) is 0 Å². The van der Waals surface area contributed by atoms with Gasteiger partial charge in [-0.05, 0) is 35.9 Å². The molecule has 0 radical (unpaired) electrons. The Bertz CT molecular complexity index is 129. The van der Waals surface area contributed by atoms with Crippen molar-refractivity contribution in [2.75, 3.05) is 13.2 Å². The summed E-state index contributed by atoms with van der Waals surface area (Å²) in [4.78, 5) is 0. The monoisotopic (exact) mass is 186 g/mol. The van der Waals surface area contributed by atoms with Crippen molar-refractivity contribution in [1.82, 2.24) is 0 Å². The van der Waals surface area contributed by atoms with Crippen LogP contribution in [0.4, 0.5) is 0 Å². The van der Waals surface area contributed by atoms with Gasteiger partial charge in [0, 0.05) is 0 Å². The molecule has 1 rings (SSSR count). The highest BCUT2D eigenvalue weighted by atomic mass is 35.7. The molecule has 1 aliphatic rings. The van der Waals surface area contributed by atoms with Gasteiger partial charge in [-0.3, -0.25) is 0 Å². The molecule has 0 unspecified atom stereocenters. The molecule has 5 heteroatoms. The first-order chi connectivity index (χ1) is 4.21. The van der Waals surface area contributed by atoms with Gasteiger partial charge in [0.15, 0.2) is 0 Å². The fourth-order valence-electron chi connectivity index (χ4n) is 0.589. The largest absolute Gasteiger partial charge is 0.318 e. The summed E-state index contributed by atoms with van der Waals surface area (Å²) in [7, 11) is 0. The zero-order chi connectivity index (χ0) is 6.74. The maximum atomic E-state index is 5.66. The van der Waals surface area contributed by atoms with Gasteiger partial charge in [-0.25, -0.2) is 0 Å². The summed E-state index contributed by atoms with van der Waals surface area (Å²) in [5.74, 6) is -2.32. The summed E-state index contributed by atoms with van der Waals surface area (Å²) in [5.41, 5.74) is 0. The molecule has 2 nitrogen and oxygen atoms in total. The molecule has 1 aliphatic heterocycles. The van der Waals surface area contributed by atoms with Crippen molar-refractivity contribution < 1.29 is 9.05 Å². The van der Waals surface area contributed by atoms with Crippen molar-refractivity contribution in [2.24, 2.45) is 0 Å².